The van der Waals surface area contributed by atoms with Crippen LogP contribution in [-0.2, 0) is 0 Å². The predicted molar refractivity (Wildman–Crippen MR) is 119 cm³/mol. The highest BCUT2D eigenvalue weighted by Crippen LogP contribution is 2.14. The third kappa shape index (κ3) is 12.9. The first-order valence-corrected chi connectivity index (χ1v) is 12.0. The molecule has 0 bridgehead atoms. The van der Waals surface area contributed by atoms with Gasteiger partial charge in [-0.2, -0.15) is 0 Å². The van der Waals surface area contributed by atoms with Gasteiger partial charge in [0.1, 0.15) is 5.75 Å². The van der Waals surface area contributed by atoms with Gasteiger partial charge in [0.05, 0.1) is 6.61 Å². The van der Waals surface area contributed by atoms with Crippen LogP contribution < -0.4 is 10.1 Å². The van der Waals surface area contributed by atoms with E-state index < -0.39 is 0 Å². The fourth-order valence-corrected chi connectivity index (χ4v) is 3.40. The van der Waals surface area contributed by atoms with Gasteiger partial charge in [0.15, 0.2) is 0 Å². The Morgan fingerprint density at radius 3 is 2.11 bits per heavy atom. The lowest BCUT2D eigenvalue weighted by molar-refractivity contribution is 0.0953. The van der Waals surface area contributed by atoms with Crippen LogP contribution in [-0.4, -0.2) is 24.4 Å². The first-order valence-electron chi connectivity index (χ1n) is 10.8. The third-order valence-electron chi connectivity index (χ3n) is 4.73. The molecule has 0 spiro atoms. The van der Waals surface area contributed by atoms with Gasteiger partial charge in [-0.25, -0.2) is 0 Å². The number of nitrogens with one attached hydrogen (secondary N) is 1. The average Bonchev–Trinajstić information content (AvgIpc) is 2.69. The normalized spacial score (nSPS) is 10.7. The second-order valence-electron chi connectivity index (χ2n) is 7.21. The topological polar surface area (TPSA) is 38.3 Å². The SMILES string of the molecule is CCCCCCCCCCOc1ccc(C(=O)NCCCCCCBr)cc1. The smallest absolute Gasteiger partial charge is 0.251 e. The summed E-state index contributed by atoms with van der Waals surface area (Å²) >= 11 is 3.44. The summed E-state index contributed by atoms with van der Waals surface area (Å²) in [5.74, 6) is 0.856. The van der Waals surface area contributed by atoms with E-state index in [2.05, 4.69) is 28.2 Å². The van der Waals surface area contributed by atoms with Gasteiger partial charge in [0.25, 0.3) is 5.91 Å². The molecule has 1 rings (SSSR count). The number of carbonyl (C=O) groups is 1. The van der Waals surface area contributed by atoms with E-state index in [9.17, 15) is 4.79 Å². The first-order chi connectivity index (χ1) is 13.3. The molecule has 1 aromatic rings. The predicted octanol–water partition coefficient (Wildman–Crippen LogP) is 6.89. The Morgan fingerprint density at radius 1 is 0.852 bits per heavy atom. The van der Waals surface area contributed by atoms with Gasteiger partial charge in [-0.05, 0) is 43.5 Å². The summed E-state index contributed by atoms with van der Waals surface area (Å²) in [5, 5.41) is 4.05. The molecule has 1 N–H and O–H groups in total. The van der Waals surface area contributed by atoms with Crippen molar-refractivity contribution >= 4 is 21.8 Å². The Morgan fingerprint density at radius 2 is 1.44 bits per heavy atom. The van der Waals surface area contributed by atoms with Crippen LogP contribution in [0.1, 0.15) is 94.3 Å². The monoisotopic (exact) mass is 439 g/mol. The molecule has 4 heteroatoms. The van der Waals surface area contributed by atoms with Crippen LogP contribution in [0.3, 0.4) is 0 Å². The lowest BCUT2D eigenvalue weighted by Gasteiger charge is -2.08. The number of rotatable bonds is 17. The highest BCUT2D eigenvalue weighted by atomic mass is 79.9. The number of ether oxygens (including phenoxy) is 1. The van der Waals surface area contributed by atoms with E-state index in [1.807, 2.05) is 24.3 Å². The maximum Gasteiger partial charge on any atom is 0.251 e. The summed E-state index contributed by atoms with van der Waals surface area (Å²) in [4.78, 5) is 12.1. The van der Waals surface area contributed by atoms with Crippen LogP contribution in [0, 0.1) is 0 Å². The Balaban J connectivity index is 2.08. The molecule has 1 aromatic carbocycles. The van der Waals surface area contributed by atoms with E-state index in [0.717, 1.165) is 43.5 Å². The summed E-state index contributed by atoms with van der Waals surface area (Å²) in [7, 11) is 0. The molecule has 3 nitrogen and oxygen atoms in total. The van der Waals surface area contributed by atoms with Gasteiger partial charge >= 0.3 is 0 Å². The van der Waals surface area contributed by atoms with E-state index in [0.29, 0.717) is 5.56 Å². The molecule has 0 radical (unpaired) electrons. The standard InChI is InChI=1S/C23H38BrNO2/c1-2-3-4-5-6-7-10-13-20-27-22-16-14-21(15-17-22)23(26)25-19-12-9-8-11-18-24/h14-17H,2-13,18-20H2,1H3,(H,25,26). The van der Waals surface area contributed by atoms with E-state index in [-0.39, 0.29) is 5.91 Å². The molecule has 0 aliphatic heterocycles. The Kier molecular flexibility index (Phi) is 15.2. The summed E-state index contributed by atoms with van der Waals surface area (Å²) in [5.41, 5.74) is 0.704. The largest absolute Gasteiger partial charge is 0.494 e. The van der Waals surface area contributed by atoms with Crippen molar-refractivity contribution in [2.24, 2.45) is 0 Å². The van der Waals surface area contributed by atoms with Gasteiger partial charge in [-0.1, -0.05) is 80.6 Å². The fraction of sp³-hybridized carbons (Fsp3) is 0.696. The Bertz CT molecular complexity index is 476. The molecule has 0 aliphatic rings. The van der Waals surface area contributed by atoms with Gasteiger partial charge in [-0.15, -0.1) is 0 Å². The summed E-state index contributed by atoms with van der Waals surface area (Å²) < 4.78 is 5.79. The van der Waals surface area contributed by atoms with Crippen LogP contribution in [0.5, 0.6) is 5.75 Å². The Labute approximate surface area is 174 Å². The molecule has 0 saturated heterocycles. The van der Waals surface area contributed by atoms with Crippen LogP contribution >= 0.6 is 15.9 Å². The zero-order chi connectivity index (χ0) is 19.6. The van der Waals surface area contributed by atoms with Crippen molar-refractivity contribution in [2.45, 2.75) is 84.0 Å². The lowest BCUT2D eigenvalue weighted by atomic mass is 10.1. The molecule has 27 heavy (non-hydrogen) atoms. The molecule has 0 atom stereocenters. The summed E-state index contributed by atoms with van der Waals surface area (Å²) in [6.07, 6.45) is 15.0. The minimum Gasteiger partial charge on any atom is -0.494 e. The van der Waals surface area contributed by atoms with Crippen molar-refractivity contribution in [3.63, 3.8) is 0 Å². The molecular weight excluding hydrogens is 402 g/mol. The molecule has 154 valence electrons. The maximum absolute atomic E-state index is 12.1. The van der Waals surface area contributed by atoms with Crippen molar-refractivity contribution in [1.82, 2.24) is 5.32 Å². The van der Waals surface area contributed by atoms with E-state index in [4.69, 9.17) is 4.74 Å². The quantitative estimate of drug-likeness (QED) is 0.212. The molecule has 1 amide bonds. The molecule has 0 heterocycles. The number of benzene rings is 1. The van der Waals surface area contributed by atoms with Crippen molar-refractivity contribution < 1.29 is 9.53 Å². The molecular formula is C23H38BrNO2. The number of hydrogen-bond donors (Lipinski definition) is 1. The number of carbonyl (C=O) groups excluding carboxylic acids is 1. The third-order valence-corrected chi connectivity index (χ3v) is 5.29. The van der Waals surface area contributed by atoms with Crippen LogP contribution in [0.25, 0.3) is 0 Å². The van der Waals surface area contributed by atoms with Gasteiger partial charge < -0.3 is 10.1 Å². The zero-order valence-corrected chi connectivity index (χ0v) is 18.7. The van der Waals surface area contributed by atoms with Crippen molar-refractivity contribution in [3.05, 3.63) is 29.8 Å². The second-order valence-corrected chi connectivity index (χ2v) is 8.00. The van der Waals surface area contributed by atoms with Crippen LogP contribution in [0.15, 0.2) is 24.3 Å². The Hall–Kier alpha value is -1.03. The molecule has 0 unspecified atom stereocenters. The van der Waals surface area contributed by atoms with Gasteiger partial charge in [0.2, 0.25) is 0 Å². The molecule has 0 aliphatic carbocycles. The van der Waals surface area contributed by atoms with E-state index in [1.165, 1.54) is 57.8 Å². The minimum atomic E-state index is 0.00474. The molecule has 0 fully saturated rings. The number of unbranched alkanes of at least 4 members (excludes halogenated alkanes) is 10. The highest BCUT2D eigenvalue weighted by molar-refractivity contribution is 9.09. The minimum absolute atomic E-state index is 0.00474. The van der Waals surface area contributed by atoms with E-state index in [1.54, 1.807) is 0 Å². The lowest BCUT2D eigenvalue weighted by Crippen LogP contribution is -2.24. The van der Waals surface area contributed by atoms with Gasteiger partial charge in [-0.3, -0.25) is 4.79 Å². The number of halogens is 1. The average molecular weight is 440 g/mol. The first kappa shape index (κ1) is 24.0. The van der Waals surface area contributed by atoms with Crippen molar-refractivity contribution in [1.29, 1.82) is 0 Å². The summed E-state index contributed by atoms with van der Waals surface area (Å²) in [6.45, 7) is 3.76. The van der Waals surface area contributed by atoms with Crippen molar-refractivity contribution in [3.8, 4) is 5.75 Å². The maximum atomic E-state index is 12.1. The van der Waals surface area contributed by atoms with Crippen LogP contribution in [0.2, 0.25) is 0 Å². The highest BCUT2D eigenvalue weighted by Gasteiger charge is 2.05. The van der Waals surface area contributed by atoms with Crippen LogP contribution in [0.4, 0.5) is 0 Å². The number of amides is 1. The summed E-state index contributed by atoms with van der Waals surface area (Å²) in [6, 6.07) is 7.50. The van der Waals surface area contributed by atoms with Gasteiger partial charge in [0, 0.05) is 17.4 Å². The van der Waals surface area contributed by atoms with Crippen molar-refractivity contribution in [2.75, 3.05) is 18.5 Å². The number of alkyl halides is 1. The van der Waals surface area contributed by atoms with E-state index >= 15 is 0 Å². The number of hydrogen-bond acceptors (Lipinski definition) is 2. The molecule has 0 saturated carbocycles. The molecule has 0 aromatic heterocycles. The second kappa shape index (κ2) is 17.1. The zero-order valence-electron chi connectivity index (χ0n) is 17.1. The fourth-order valence-electron chi connectivity index (χ4n) is 3.01.